The number of carbonyl (C=O) groups is 3. The van der Waals surface area contributed by atoms with E-state index in [2.05, 4.69) is 15.6 Å². The molecule has 1 aromatic heterocycles. The van der Waals surface area contributed by atoms with Gasteiger partial charge in [0.05, 0.1) is 41.7 Å². The monoisotopic (exact) mass is 529 g/mol. The zero-order valence-electron chi connectivity index (χ0n) is 21.4. The Hall–Kier alpha value is -3.89. The van der Waals surface area contributed by atoms with Gasteiger partial charge in [0.1, 0.15) is 6.04 Å². The third-order valence-electron chi connectivity index (χ3n) is 6.69. The minimum absolute atomic E-state index is 0.0369. The van der Waals surface area contributed by atoms with Crippen LogP contribution >= 0.6 is 0 Å². The maximum atomic E-state index is 13.9. The summed E-state index contributed by atoms with van der Waals surface area (Å²) in [6.45, 7) is 5.85. The number of urea groups is 1. The van der Waals surface area contributed by atoms with Crippen LogP contribution in [0.2, 0.25) is 0 Å². The zero-order valence-corrected chi connectivity index (χ0v) is 21.4. The highest BCUT2D eigenvalue weighted by atomic mass is 19.4. The smallest absolute Gasteiger partial charge is 0.349 e. The molecular weight excluding hydrogens is 499 g/mol. The summed E-state index contributed by atoms with van der Waals surface area (Å²) in [7, 11) is 0. The zero-order chi connectivity index (χ0) is 27.6. The van der Waals surface area contributed by atoms with Gasteiger partial charge in [0.25, 0.3) is 5.91 Å². The highest BCUT2D eigenvalue weighted by Crippen LogP contribution is 2.42. The Morgan fingerprint density at radius 3 is 2.50 bits per heavy atom. The lowest BCUT2D eigenvalue weighted by Crippen LogP contribution is -2.49. The number of amides is 4. The third-order valence-corrected chi connectivity index (χ3v) is 6.69. The highest BCUT2D eigenvalue weighted by Gasteiger charge is 2.48. The van der Waals surface area contributed by atoms with Gasteiger partial charge in [-0.2, -0.15) is 13.2 Å². The van der Waals surface area contributed by atoms with Crippen molar-refractivity contribution in [1.29, 1.82) is 0 Å². The first-order valence-corrected chi connectivity index (χ1v) is 12.5. The van der Waals surface area contributed by atoms with Gasteiger partial charge in [-0.1, -0.05) is 38.1 Å². The number of nitrogens with zero attached hydrogens (tertiary/aromatic N) is 3. The molecule has 2 aromatic rings. The molecule has 38 heavy (non-hydrogen) atoms. The number of carbonyl (C=O) groups excluding carboxylic acids is 3. The molecule has 2 N–H and O–H groups in total. The van der Waals surface area contributed by atoms with Gasteiger partial charge in [-0.05, 0) is 43.0 Å². The van der Waals surface area contributed by atoms with Crippen molar-refractivity contribution in [3.63, 3.8) is 0 Å². The molecule has 0 unspecified atom stereocenters. The average molecular weight is 530 g/mol. The highest BCUT2D eigenvalue weighted by molar-refractivity contribution is 6.03. The molecule has 4 rings (SSSR count). The van der Waals surface area contributed by atoms with Gasteiger partial charge in [0, 0.05) is 12.7 Å². The van der Waals surface area contributed by atoms with Crippen molar-refractivity contribution < 1.29 is 27.6 Å². The van der Waals surface area contributed by atoms with Crippen molar-refractivity contribution in [2.75, 3.05) is 13.1 Å². The van der Waals surface area contributed by atoms with Crippen molar-refractivity contribution in [2.45, 2.75) is 52.0 Å². The van der Waals surface area contributed by atoms with Crippen LogP contribution < -0.4 is 10.6 Å². The number of hydrogen-bond donors (Lipinski definition) is 2. The van der Waals surface area contributed by atoms with Crippen molar-refractivity contribution in [1.82, 2.24) is 25.4 Å². The van der Waals surface area contributed by atoms with Gasteiger partial charge in [-0.3, -0.25) is 19.5 Å². The van der Waals surface area contributed by atoms with Crippen molar-refractivity contribution in [3.8, 4) is 0 Å². The average Bonchev–Trinajstić information content (AvgIpc) is 3.22. The fraction of sp³-hybridized carbons (Fsp3) is 0.407. The Bertz CT molecular complexity index is 1250. The summed E-state index contributed by atoms with van der Waals surface area (Å²) in [4.78, 5) is 47.1. The topological polar surface area (TPSA) is 94.6 Å². The van der Waals surface area contributed by atoms with Gasteiger partial charge in [-0.25, -0.2) is 4.79 Å². The van der Waals surface area contributed by atoms with Crippen LogP contribution in [-0.2, 0) is 22.3 Å². The van der Waals surface area contributed by atoms with Crippen LogP contribution in [0, 0.1) is 5.92 Å². The standard InChI is InChI=1S/C27H30F3N5O3/c1-4-34-21-15-35(20(13-16(2)3)24(36)32-14-17-9-7-8-12-31-17)25(37)22(21)23(33-26(34)38)18-10-5-6-11-19(18)27(28,29)30/h5-12,16,20,23H,4,13-15H2,1-3H3,(H,32,36)(H,33,38)/t20-,23+/m1/s1. The second-order valence-electron chi connectivity index (χ2n) is 9.69. The first kappa shape index (κ1) is 27.2. The summed E-state index contributed by atoms with van der Waals surface area (Å²) >= 11 is 0. The van der Waals surface area contributed by atoms with E-state index in [1.165, 1.54) is 28.0 Å². The molecule has 0 aliphatic carbocycles. The van der Waals surface area contributed by atoms with Gasteiger partial charge >= 0.3 is 12.2 Å². The molecule has 2 atom stereocenters. The van der Waals surface area contributed by atoms with E-state index in [1.807, 2.05) is 13.8 Å². The van der Waals surface area contributed by atoms with E-state index in [0.29, 0.717) is 17.8 Å². The van der Waals surface area contributed by atoms with Gasteiger partial charge in [0.15, 0.2) is 0 Å². The minimum Gasteiger partial charge on any atom is -0.349 e. The molecule has 0 radical (unpaired) electrons. The SMILES string of the molecule is CCN1C(=O)N[C@@H](c2ccccc2C(F)(F)F)C2=C1CN([C@H](CC(C)C)C(=O)NCc1ccccn1)C2=O. The summed E-state index contributed by atoms with van der Waals surface area (Å²) in [5.41, 5.74) is -0.138. The molecule has 2 aliphatic heterocycles. The van der Waals surface area contributed by atoms with Gasteiger partial charge < -0.3 is 15.5 Å². The van der Waals surface area contributed by atoms with E-state index in [4.69, 9.17) is 0 Å². The summed E-state index contributed by atoms with van der Waals surface area (Å²) in [6, 6.07) is 7.43. The second kappa shape index (κ2) is 10.8. The number of rotatable bonds is 8. The number of alkyl halides is 3. The molecular formula is C27H30F3N5O3. The maximum absolute atomic E-state index is 13.9. The van der Waals surface area contributed by atoms with E-state index in [1.54, 1.807) is 31.3 Å². The third kappa shape index (κ3) is 5.36. The number of aromatic nitrogens is 1. The van der Waals surface area contributed by atoms with Crippen molar-refractivity contribution in [3.05, 3.63) is 76.8 Å². The lowest BCUT2D eigenvalue weighted by Gasteiger charge is -2.33. The fourth-order valence-electron chi connectivity index (χ4n) is 4.96. The van der Waals surface area contributed by atoms with Gasteiger partial charge in [0.2, 0.25) is 5.91 Å². The van der Waals surface area contributed by atoms with E-state index < -0.39 is 41.7 Å². The molecule has 202 valence electrons. The Morgan fingerprint density at radius 2 is 1.87 bits per heavy atom. The molecule has 1 aromatic carbocycles. The minimum atomic E-state index is -4.68. The van der Waals surface area contributed by atoms with E-state index in [-0.39, 0.29) is 36.7 Å². The van der Waals surface area contributed by atoms with E-state index >= 15 is 0 Å². The largest absolute Gasteiger partial charge is 0.416 e. The number of pyridine rings is 1. The van der Waals surface area contributed by atoms with Crippen LogP contribution in [0.25, 0.3) is 0 Å². The van der Waals surface area contributed by atoms with Crippen LogP contribution in [0.4, 0.5) is 18.0 Å². The number of nitrogens with one attached hydrogen (secondary N) is 2. The Morgan fingerprint density at radius 1 is 1.16 bits per heavy atom. The molecule has 0 spiro atoms. The molecule has 0 fully saturated rings. The maximum Gasteiger partial charge on any atom is 0.416 e. The predicted octanol–water partition coefficient (Wildman–Crippen LogP) is 4.01. The summed E-state index contributed by atoms with van der Waals surface area (Å²) < 4.78 is 41.6. The molecule has 11 heteroatoms. The summed E-state index contributed by atoms with van der Waals surface area (Å²) in [5.74, 6) is -0.930. The van der Waals surface area contributed by atoms with Crippen LogP contribution in [0.5, 0.6) is 0 Å². The molecule has 0 bridgehead atoms. The lowest BCUT2D eigenvalue weighted by molar-refractivity contribution is -0.139. The molecule has 4 amide bonds. The Kier molecular flexibility index (Phi) is 7.75. The predicted molar refractivity (Wildman–Crippen MR) is 133 cm³/mol. The Balaban J connectivity index is 1.69. The number of halogens is 3. The van der Waals surface area contributed by atoms with Crippen LogP contribution in [-0.4, -0.2) is 51.8 Å². The summed E-state index contributed by atoms with van der Waals surface area (Å²) in [5, 5.41) is 5.43. The first-order chi connectivity index (χ1) is 18.0. The number of likely N-dealkylation sites (N-methyl/N-ethyl adjacent to an activating group) is 1. The first-order valence-electron chi connectivity index (χ1n) is 12.5. The Labute approximate surface area is 218 Å². The van der Waals surface area contributed by atoms with E-state index in [0.717, 1.165) is 6.07 Å². The van der Waals surface area contributed by atoms with Crippen LogP contribution in [0.15, 0.2) is 59.9 Å². The van der Waals surface area contributed by atoms with E-state index in [9.17, 15) is 27.6 Å². The number of benzene rings is 1. The van der Waals surface area contributed by atoms with Crippen molar-refractivity contribution in [2.24, 2.45) is 5.92 Å². The molecule has 2 aliphatic rings. The van der Waals surface area contributed by atoms with Gasteiger partial charge in [-0.15, -0.1) is 0 Å². The second-order valence-corrected chi connectivity index (χ2v) is 9.69. The fourth-order valence-corrected chi connectivity index (χ4v) is 4.96. The molecule has 3 heterocycles. The normalized spacial score (nSPS) is 18.6. The van der Waals surface area contributed by atoms with Crippen molar-refractivity contribution >= 4 is 17.8 Å². The molecule has 0 saturated carbocycles. The molecule has 0 saturated heterocycles. The van der Waals surface area contributed by atoms with Crippen LogP contribution in [0.3, 0.4) is 0 Å². The van der Waals surface area contributed by atoms with Crippen LogP contribution in [0.1, 0.15) is 50.1 Å². The quantitative estimate of drug-likeness (QED) is 0.540. The molecule has 8 nitrogen and oxygen atoms in total. The summed E-state index contributed by atoms with van der Waals surface area (Å²) in [6.07, 6.45) is -2.74. The lowest BCUT2D eigenvalue weighted by atomic mass is 9.91. The number of hydrogen-bond acceptors (Lipinski definition) is 4.